The Hall–Kier alpha value is -1.33. The molecular weight excluding hydrogens is 234 g/mol. The number of carboxylic acid groups (broad SMARTS) is 1. The van der Waals surface area contributed by atoms with Gasteiger partial charge in [-0.05, 0) is 24.8 Å². The molecule has 102 valence electrons. The molecule has 0 amide bonds. The van der Waals surface area contributed by atoms with E-state index >= 15 is 0 Å². The van der Waals surface area contributed by atoms with Gasteiger partial charge in [-0.1, -0.05) is 13.8 Å². The van der Waals surface area contributed by atoms with Crippen molar-refractivity contribution < 1.29 is 19.4 Å². The molecule has 0 fully saturated rings. The zero-order chi connectivity index (χ0) is 13.8. The van der Waals surface area contributed by atoms with Crippen LogP contribution in [-0.2, 0) is 6.54 Å². The number of furan rings is 1. The van der Waals surface area contributed by atoms with Crippen LogP contribution in [0.3, 0.4) is 0 Å². The van der Waals surface area contributed by atoms with Gasteiger partial charge in [-0.15, -0.1) is 0 Å². The molecular formula is C13H21NO4. The molecule has 5 heteroatoms. The van der Waals surface area contributed by atoms with Gasteiger partial charge in [0.25, 0.3) is 0 Å². The third-order valence-corrected chi connectivity index (χ3v) is 2.85. The predicted molar refractivity (Wildman–Crippen MR) is 67.6 cm³/mol. The van der Waals surface area contributed by atoms with Gasteiger partial charge in [0, 0.05) is 18.7 Å². The van der Waals surface area contributed by atoms with E-state index in [9.17, 15) is 4.79 Å². The lowest BCUT2D eigenvalue weighted by atomic mass is 9.90. The molecule has 0 aliphatic rings. The van der Waals surface area contributed by atoms with Crippen LogP contribution >= 0.6 is 0 Å². The summed E-state index contributed by atoms with van der Waals surface area (Å²) in [6.07, 6.45) is 0.720. The Morgan fingerprint density at radius 1 is 1.50 bits per heavy atom. The highest BCUT2D eigenvalue weighted by atomic mass is 16.4. The lowest BCUT2D eigenvalue weighted by molar-refractivity contribution is 0.0659. The summed E-state index contributed by atoms with van der Waals surface area (Å²) in [7, 11) is 0. The maximum atomic E-state index is 10.8. The van der Waals surface area contributed by atoms with Gasteiger partial charge in [0.2, 0.25) is 5.76 Å². The van der Waals surface area contributed by atoms with Crippen LogP contribution in [-0.4, -0.2) is 29.3 Å². The van der Waals surface area contributed by atoms with E-state index in [2.05, 4.69) is 19.2 Å². The Bertz CT molecular complexity index is 409. The van der Waals surface area contributed by atoms with Crippen molar-refractivity contribution in [3.63, 3.8) is 0 Å². The number of hydrogen-bond donors (Lipinski definition) is 3. The molecule has 18 heavy (non-hydrogen) atoms. The third-order valence-electron chi connectivity index (χ3n) is 2.85. The van der Waals surface area contributed by atoms with Crippen molar-refractivity contribution in [2.45, 2.75) is 33.7 Å². The average molecular weight is 255 g/mol. The first-order valence-corrected chi connectivity index (χ1v) is 6.00. The van der Waals surface area contributed by atoms with E-state index in [0.29, 0.717) is 17.9 Å². The van der Waals surface area contributed by atoms with Crippen LogP contribution in [0.1, 0.15) is 42.1 Å². The summed E-state index contributed by atoms with van der Waals surface area (Å²) in [5.41, 5.74) is 0.639. The largest absolute Gasteiger partial charge is 0.475 e. The van der Waals surface area contributed by atoms with Crippen LogP contribution in [0.5, 0.6) is 0 Å². The van der Waals surface area contributed by atoms with E-state index in [0.717, 1.165) is 13.0 Å². The van der Waals surface area contributed by atoms with Gasteiger partial charge in [-0.2, -0.15) is 0 Å². The van der Waals surface area contributed by atoms with Crippen molar-refractivity contribution in [1.29, 1.82) is 0 Å². The number of carbonyl (C=O) groups is 1. The molecule has 3 N–H and O–H groups in total. The summed E-state index contributed by atoms with van der Waals surface area (Å²) in [5, 5.41) is 21.0. The number of aliphatic hydroxyl groups excluding tert-OH is 1. The molecule has 1 aromatic rings. The Labute approximate surface area is 107 Å². The SMILES string of the molecule is Cc1cc(CNCC(C)(C)CCO)oc1C(=O)O. The summed E-state index contributed by atoms with van der Waals surface area (Å²) in [5.74, 6) is -0.425. The molecule has 1 aromatic heterocycles. The molecule has 0 unspecified atom stereocenters. The standard InChI is InChI=1S/C13H21NO4/c1-9-6-10(18-11(9)12(16)17)7-14-8-13(2,3)4-5-15/h6,14-15H,4-5,7-8H2,1-3H3,(H,16,17). The lowest BCUT2D eigenvalue weighted by Crippen LogP contribution is -2.29. The van der Waals surface area contributed by atoms with Gasteiger partial charge < -0.3 is 19.9 Å². The Balaban J connectivity index is 2.49. The quantitative estimate of drug-likeness (QED) is 0.692. The summed E-state index contributed by atoms with van der Waals surface area (Å²) in [6.45, 7) is 7.22. The van der Waals surface area contributed by atoms with Gasteiger partial charge in [-0.25, -0.2) is 4.79 Å². The normalized spacial score (nSPS) is 11.8. The number of hydrogen-bond acceptors (Lipinski definition) is 4. The number of rotatable bonds is 7. The third kappa shape index (κ3) is 4.16. The molecule has 0 aliphatic heterocycles. The Morgan fingerprint density at radius 3 is 2.67 bits per heavy atom. The molecule has 0 bridgehead atoms. The molecule has 0 aliphatic carbocycles. The zero-order valence-electron chi connectivity index (χ0n) is 11.1. The summed E-state index contributed by atoms with van der Waals surface area (Å²) in [4.78, 5) is 10.8. The Kier molecular flexibility index (Phi) is 4.93. The first-order chi connectivity index (χ1) is 8.35. The van der Waals surface area contributed by atoms with E-state index < -0.39 is 5.97 Å². The van der Waals surface area contributed by atoms with Crippen LogP contribution in [0.25, 0.3) is 0 Å². The number of aliphatic hydroxyl groups is 1. The topological polar surface area (TPSA) is 82.7 Å². The molecule has 0 spiro atoms. The highest BCUT2D eigenvalue weighted by Crippen LogP contribution is 2.19. The second-order valence-corrected chi connectivity index (χ2v) is 5.27. The highest BCUT2D eigenvalue weighted by Gasteiger charge is 2.18. The molecule has 0 atom stereocenters. The number of aryl methyl sites for hydroxylation is 1. The minimum atomic E-state index is -1.04. The van der Waals surface area contributed by atoms with E-state index in [1.54, 1.807) is 13.0 Å². The molecule has 0 saturated heterocycles. The molecule has 0 aromatic carbocycles. The number of nitrogens with one attached hydrogen (secondary N) is 1. The highest BCUT2D eigenvalue weighted by molar-refractivity contribution is 5.86. The molecule has 1 heterocycles. The Morgan fingerprint density at radius 2 is 2.17 bits per heavy atom. The zero-order valence-corrected chi connectivity index (χ0v) is 11.1. The molecule has 0 saturated carbocycles. The van der Waals surface area contributed by atoms with E-state index in [1.807, 2.05) is 0 Å². The summed E-state index contributed by atoms with van der Waals surface area (Å²) >= 11 is 0. The first kappa shape index (κ1) is 14.7. The number of carboxylic acids is 1. The monoisotopic (exact) mass is 255 g/mol. The molecule has 5 nitrogen and oxygen atoms in total. The van der Waals surface area contributed by atoms with Crippen molar-refractivity contribution in [3.05, 3.63) is 23.2 Å². The molecule has 1 rings (SSSR count). The minimum absolute atomic E-state index is 0.00131. The second kappa shape index (κ2) is 6.02. The predicted octanol–water partition coefficient (Wildman–Crippen LogP) is 1.78. The molecule has 0 radical (unpaired) electrons. The average Bonchev–Trinajstić information content (AvgIpc) is 2.59. The van der Waals surface area contributed by atoms with Crippen LogP contribution in [0.15, 0.2) is 10.5 Å². The smallest absolute Gasteiger partial charge is 0.372 e. The van der Waals surface area contributed by atoms with Crippen LogP contribution < -0.4 is 5.32 Å². The van der Waals surface area contributed by atoms with Gasteiger partial charge >= 0.3 is 5.97 Å². The summed E-state index contributed by atoms with van der Waals surface area (Å²) in [6, 6.07) is 1.73. The van der Waals surface area contributed by atoms with Crippen molar-refractivity contribution in [2.75, 3.05) is 13.2 Å². The van der Waals surface area contributed by atoms with Crippen molar-refractivity contribution in [2.24, 2.45) is 5.41 Å². The minimum Gasteiger partial charge on any atom is -0.475 e. The van der Waals surface area contributed by atoms with E-state index in [-0.39, 0.29) is 17.8 Å². The second-order valence-electron chi connectivity index (χ2n) is 5.27. The van der Waals surface area contributed by atoms with E-state index in [1.165, 1.54) is 0 Å². The van der Waals surface area contributed by atoms with Gasteiger partial charge in [-0.3, -0.25) is 0 Å². The van der Waals surface area contributed by atoms with Gasteiger partial charge in [0.15, 0.2) is 0 Å². The van der Waals surface area contributed by atoms with Crippen LogP contribution in [0.2, 0.25) is 0 Å². The van der Waals surface area contributed by atoms with Crippen molar-refractivity contribution >= 4 is 5.97 Å². The maximum absolute atomic E-state index is 10.8. The van der Waals surface area contributed by atoms with Crippen molar-refractivity contribution in [1.82, 2.24) is 5.32 Å². The van der Waals surface area contributed by atoms with Crippen LogP contribution in [0, 0.1) is 12.3 Å². The fourth-order valence-electron chi connectivity index (χ4n) is 1.76. The number of aromatic carboxylic acids is 1. The fourth-order valence-corrected chi connectivity index (χ4v) is 1.76. The van der Waals surface area contributed by atoms with Crippen LogP contribution in [0.4, 0.5) is 0 Å². The van der Waals surface area contributed by atoms with Crippen molar-refractivity contribution in [3.8, 4) is 0 Å². The van der Waals surface area contributed by atoms with E-state index in [4.69, 9.17) is 14.6 Å². The van der Waals surface area contributed by atoms with Gasteiger partial charge in [0.1, 0.15) is 5.76 Å². The maximum Gasteiger partial charge on any atom is 0.372 e. The summed E-state index contributed by atoms with van der Waals surface area (Å²) < 4.78 is 5.24. The van der Waals surface area contributed by atoms with Gasteiger partial charge in [0.05, 0.1) is 6.54 Å². The first-order valence-electron chi connectivity index (χ1n) is 6.00. The lowest BCUT2D eigenvalue weighted by Gasteiger charge is -2.23. The fraction of sp³-hybridized carbons (Fsp3) is 0.615.